The molecule has 1 atom stereocenters. The summed E-state index contributed by atoms with van der Waals surface area (Å²) < 4.78 is 0. The lowest BCUT2D eigenvalue weighted by Gasteiger charge is -2.39. The van der Waals surface area contributed by atoms with Gasteiger partial charge in [0.1, 0.15) is 5.41 Å². The molecule has 0 N–H and O–H groups in total. The molecule has 0 rings (SSSR count). The van der Waals surface area contributed by atoms with Crippen LogP contribution in [0.25, 0.3) is 0 Å². The molecular formula is C15H28N2O2. The van der Waals surface area contributed by atoms with Crippen molar-refractivity contribution in [3.05, 3.63) is 12.7 Å². The SMILES string of the molecule is C=CCC(C(=O)N(C)C)(C(=O)N(C)C)C(C)CCC. The second-order valence-electron chi connectivity index (χ2n) is 5.55. The zero-order chi connectivity index (χ0) is 15.2. The second-order valence-corrected chi connectivity index (χ2v) is 5.55. The number of amides is 2. The highest BCUT2D eigenvalue weighted by molar-refractivity contribution is 6.05. The van der Waals surface area contributed by atoms with Crippen LogP contribution in [-0.2, 0) is 9.59 Å². The smallest absolute Gasteiger partial charge is 0.238 e. The van der Waals surface area contributed by atoms with Crippen molar-refractivity contribution in [3.8, 4) is 0 Å². The Kier molecular flexibility index (Phi) is 6.81. The van der Waals surface area contributed by atoms with E-state index in [9.17, 15) is 9.59 Å². The molecule has 4 heteroatoms. The van der Waals surface area contributed by atoms with E-state index >= 15 is 0 Å². The molecule has 110 valence electrons. The van der Waals surface area contributed by atoms with Crippen molar-refractivity contribution < 1.29 is 9.59 Å². The van der Waals surface area contributed by atoms with Gasteiger partial charge in [0.15, 0.2) is 0 Å². The van der Waals surface area contributed by atoms with Crippen molar-refractivity contribution >= 4 is 11.8 Å². The lowest BCUT2D eigenvalue weighted by Crippen LogP contribution is -2.54. The van der Waals surface area contributed by atoms with E-state index in [-0.39, 0.29) is 17.7 Å². The Morgan fingerprint density at radius 1 is 1.16 bits per heavy atom. The van der Waals surface area contributed by atoms with Crippen LogP contribution >= 0.6 is 0 Å². The average Bonchev–Trinajstić information content (AvgIpc) is 2.34. The van der Waals surface area contributed by atoms with Crippen LogP contribution in [0.1, 0.15) is 33.1 Å². The van der Waals surface area contributed by atoms with Gasteiger partial charge in [-0.3, -0.25) is 9.59 Å². The number of rotatable bonds is 7. The van der Waals surface area contributed by atoms with Crippen molar-refractivity contribution in [3.63, 3.8) is 0 Å². The Morgan fingerprint density at radius 3 is 1.84 bits per heavy atom. The van der Waals surface area contributed by atoms with Gasteiger partial charge in [-0.05, 0) is 18.8 Å². The Hall–Kier alpha value is -1.32. The van der Waals surface area contributed by atoms with Crippen LogP contribution in [0.2, 0.25) is 0 Å². The molecule has 0 saturated carbocycles. The summed E-state index contributed by atoms with van der Waals surface area (Å²) >= 11 is 0. The van der Waals surface area contributed by atoms with Crippen molar-refractivity contribution in [2.75, 3.05) is 28.2 Å². The van der Waals surface area contributed by atoms with E-state index in [0.29, 0.717) is 6.42 Å². The minimum Gasteiger partial charge on any atom is -0.348 e. The summed E-state index contributed by atoms with van der Waals surface area (Å²) in [5.41, 5.74) is -1.02. The Bertz CT molecular complexity index is 315. The van der Waals surface area contributed by atoms with Crippen LogP contribution in [0.4, 0.5) is 0 Å². The van der Waals surface area contributed by atoms with Gasteiger partial charge in [-0.2, -0.15) is 0 Å². The van der Waals surface area contributed by atoms with Crippen LogP contribution in [-0.4, -0.2) is 49.8 Å². The molecule has 0 aliphatic carbocycles. The molecule has 0 aromatic rings. The summed E-state index contributed by atoms with van der Waals surface area (Å²) in [5.74, 6) is -0.278. The monoisotopic (exact) mass is 268 g/mol. The van der Waals surface area contributed by atoms with E-state index in [1.54, 1.807) is 34.3 Å². The molecule has 1 unspecified atom stereocenters. The van der Waals surface area contributed by atoms with Gasteiger partial charge in [-0.1, -0.05) is 26.3 Å². The summed E-state index contributed by atoms with van der Waals surface area (Å²) in [6.07, 6.45) is 3.84. The van der Waals surface area contributed by atoms with Crippen LogP contribution in [0.15, 0.2) is 12.7 Å². The highest BCUT2D eigenvalue weighted by Crippen LogP contribution is 2.38. The third-order valence-corrected chi connectivity index (χ3v) is 3.60. The zero-order valence-corrected chi connectivity index (χ0v) is 13.2. The maximum atomic E-state index is 12.6. The number of hydrogen-bond acceptors (Lipinski definition) is 2. The van der Waals surface area contributed by atoms with Gasteiger partial charge in [0, 0.05) is 28.2 Å². The number of nitrogens with zero attached hydrogens (tertiary/aromatic N) is 2. The van der Waals surface area contributed by atoms with Gasteiger partial charge >= 0.3 is 0 Å². The lowest BCUT2D eigenvalue weighted by molar-refractivity contribution is -0.157. The lowest BCUT2D eigenvalue weighted by atomic mass is 9.69. The molecule has 0 aliphatic heterocycles. The highest BCUT2D eigenvalue weighted by atomic mass is 16.2. The first-order chi connectivity index (χ1) is 8.75. The average molecular weight is 268 g/mol. The summed E-state index contributed by atoms with van der Waals surface area (Å²) in [6, 6.07) is 0. The summed E-state index contributed by atoms with van der Waals surface area (Å²) in [5, 5.41) is 0. The molecule has 0 bridgehead atoms. The second kappa shape index (κ2) is 7.31. The van der Waals surface area contributed by atoms with Crippen LogP contribution in [0.3, 0.4) is 0 Å². The first-order valence-corrected chi connectivity index (χ1v) is 6.80. The Balaban J connectivity index is 5.79. The molecule has 4 nitrogen and oxygen atoms in total. The van der Waals surface area contributed by atoms with Gasteiger partial charge in [0.2, 0.25) is 11.8 Å². The molecule has 2 amide bonds. The number of allylic oxidation sites excluding steroid dienone is 1. The fourth-order valence-electron chi connectivity index (χ4n) is 2.59. The molecule has 0 heterocycles. The quantitative estimate of drug-likeness (QED) is 0.524. The molecule has 0 aromatic heterocycles. The maximum absolute atomic E-state index is 12.6. The minimum atomic E-state index is -1.02. The Morgan fingerprint density at radius 2 is 1.58 bits per heavy atom. The van der Waals surface area contributed by atoms with Crippen molar-refractivity contribution in [2.45, 2.75) is 33.1 Å². The normalized spacial score (nSPS) is 12.7. The molecule has 0 aromatic carbocycles. The maximum Gasteiger partial charge on any atom is 0.238 e. The molecular weight excluding hydrogens is 240 g/mol. The first kappa shape index (κ1) is 17.7. The summed E-state index contributed by atoms with van der Waals surface area (Å²) in [4.78, 5) is 28.3. The van der Waals surface area contributed by atoms with Crippen LogP contribution < -0.4 is 0 Å². The van der Waals surface area contributed by atoms with Crippen LogP contribution in [0.5, 0.6) is 0 Å². The number of carbonyl (C=O) groups excluding carboxylic acids is 2. The minimum absolute atomic E-state index is 0.0136. The first-order valence-electron chi connectivity index (χ1n) is 6.80. The van der Waals surface area contributed by atoms with Gasteiger partial charge in [-0.25, -0.2) is 0 Å². The highest BCUT2D eigenvalue weighted by Gasteiger charge is 2.50. The molecule has 0 aliphatic rings. The summed E-state index contributed by atoms with van der Waals surface area (Å²) in [6.45, 7) is 7.78. The van der Waals surface area contributed by atoms with Crippen molar-refractivity contribution in [1.29, 1.82) is 0 Å². The molecule has 0 spiro atoms. The third kappa shape index (κ3) is 3.58. The standard InChI is InChI=1S/C15H28N2O2/c1-8-10-12(3)15(11-9-2,13(18)16(4)5)14(19)17(6)7/h9,12H,2,8,10-11H2,1,3-7H3. The van der Waals surface area contributed by atoms with Crippen LogP contribution in [0, 0.1) is 11.3 Å². The predicted octanol–water partition coefficient (Wildman–Crippen LogP) is 2.16. The van der Waals surface area contributed by atoms with Crippen molar-refractivity contribution in [1.82, 2.24) is 9.80 Å². The van der Waals surface area contributed by atoms with E-state index < -0.39 is 5.41 Å². The fourth-order valence-corrected chi connectivity index (χ4v) is 2.59. The van der Waals surface area contributed by atoms with E-state index in [1.165, 1.54) is 9.80 Å². The van der Waals surface area contributed by atoms with Gasteiger partial charge in [0.25, 0.3) is 0 Å². The summed E-state index contributed by atoms with van der Waals surface area (Å²) in [7, 11) is 6.78. The predicted molar refractivity (Wildman–Crippen MR) is 78.7 cm³/mol. The van der Waals surface area contributed by atoms with Gasteiger partial charge < -0.3 is 9.80 Å². The molecule has 19 heavy (non-hydrogen) atoms. The topological polar surface area (TPSA) is 40.6 Å². The van der Waals surface area contributed by atoms with Crippen molar-refractivity contribution in [2.24, 2.45) is 11.3 Å². The fraction of sp³-hybridized carbons (Fsp3) is 0.733. The molecule has 0 fully saturated rings. The Labute approximate surface area is 117 Å². The largest absolute Gasteiger partial charge is 0.348 e. The van der Waals surface area contributed by atoms with E-state index in [1.807, 2.05) is 6.92 Å². The van der Waals surface area contributed by atoms with E-state index in [2.05, 4.69) is 13.5 Å². The van der Waals surface area contributed by atoms with E-state index in [4.69, 9.17) is 0 Å². The van der Waals surface area contributed by atoms with E-state index in [0.717, 1.165) is 12.8 Å². The van der Waals surface area contributed by atoms with Gasteiger partial charge in [0.05, 0.1) is 0 Å². The zero-order valence-electron chi connectivity index (χ0n) is 13.2. The third-order valence-electron chi connectivity index (χ3n) is 3.60. The van der Waals surface area contributed by atoms with Gasteiger partial charge in [-0.15, -0.1) is 6.58 Å². The molecule has 0 radical (unpaired) electrons. The molecule has 0 saturated heterocycles. The number of carbonyl (C=O) groups is 2. The number of hydrogen-bond donors (Lipinski definition) is 0.